The van der Waals surface area contributed by atoms with Crippen LogP contribution in [0.15, 0.2) is 0 Å². The van der Waals surface area contributed by atoms with E-state index in [0.717, 1.165) is 0 Å². The van der Waals surface area contributed by atoms with E-state index in [1.54, 1.807) is 0 Å². The van der Waals surface area contributed by atoms with E-state index in [9.17, 15) is 27.2 Å². The van der Waals surface area contributed by atoms with Gasteiger partial charge in [-0.15, -0.1) is 0 Å². The standard InChI is InChI=1S/C4ClF4IO2/c5-1(11)3(6,7)4(8,9)2(10)12. The molecule has 0 rings (SSSR count). The second-order valence-corrected chi connectivity index (χ2v) is 3.02. The zero-order valence-electron chi connectivity index (χ0n) is 5.08. The first-order chi connectivity index (χ1) is 5.14. The first-order valence-electron chi connectivity index (χ1n) is 2.29. The summed E-state index contributed by atoms with van der Waals surface area (Å²) in [6.45, 7) is 0. The van der Waals surface area contributed by atoms with E-state index in [1.807, 2.05) is 0 Å². The largest absolute Gasteiger partial charge is 0.390 e. The van der Waals surface area contributed by atoms with Gasteiger partial charge in [-0.3, -0.25) is 9.59 Å². The van der Waals surface area contributed by atoms with Crippen molar-refractivity contribution in [3.8, 4) is 0 Å². The molecular formula is C4ClF4IO2. The lowest BCUT2D eigenvalue weighted by atomic mass is 10.2. The molecule has 0 radical (unpaired) electrons. The summed E-state index contributed by atoms with van der Waals surface area (Å²) in [4.78, 5) is 19.8. The Morgan fingerprint density at radius 1 is 1.08 bits per heavy atom. The minimum absolute atomic E-state index is 0.464. The van der Waals surface area contributed by atoms with Gasteiger partial charge < -0.3 is 0 Å². The number of halogens is 6. The molecule has 0 heterocycles. The quantitative estimate of drug-likeness (QED) is 0.453. The van der Waals surface area contributed by atoms with Crippen molar-refractivity contribution in [3.05, 3.63) is 0 Å². The van der Waals surface area contributed by atoms with Gasteiger partial charge in [0.1, 0.15) is 0 Å². The number of carbonyl (C=O) groups is 2. The van der Waals surface area contributed by atoms with Gasteiger partial charge in [-0.05, 0) is 11.6 Å². The molecule has 0 aromatic heterocycles. The molecule has 0 unspecified atom stereocenters. The van der Waals surface area contributed by atoms with Crippen molar-refractivity contribution in [2.24, 2.45) is 0 Å². The van der Waals surface area contributed by atoms with E-state index in [-0.39, 0.29) is 0 Å². The Hall–Kier alpha value is 0.0800. The van der Waals surface area contributed by atoms with Gasteiger partial charge in [0.05, 0.1) is 0 Å². The van der Waals surface area contributed by atoms with Crippen LogP contribution in [-0.2, 0) is 9.59 Å². The molecule has 0 spiro atoms. The predicted octanol–water partition coefficient (Wildman–Crippen LogP) is 1.98. The van der Waals surface area contributed by atoms with Crippen LogP contribution in [0.5, 0.6) is 0 Å². The third kappa shape index (κ3) is 1.87. The van der Waals surface area contributed by atoms with Crippen LogP contribution in [0.2, 0.25) is 0 Å². The van der Waals surface area contributed by atoms with Gasteiger partial charge in [0, 0.05) is 22.6 Å². The Kier molecular flexibility index (Phi) is 3.47. The minimum Gasteiger partial charge on any atom is -0.281 e. The van der Waals surface area contributed by atoms with Crippen LogP contribution in [0.4, 0.5) is 17.6 Å². The highest BCUT2D eigenvalue weighted by atomic mass is 127. The zero-order valence-corrected chi connectivity index (χ0v) is 8.00. The van der Waals surface area contributed by atoms with Crippen molar-refractivity contribution in [2.75, 3.05) is 0 Å². The van der Waals surface area contributed by atoms with Gasteiger partial charge in [-0.2, -0.15) is 17.6 Å². The van der Waals surface area contributed by atoms with Crippen molar-refractivity contribution < 1.29 is 27.2 Å². The van der Waals surface area contributed by atoms with Gasteiger partial charge in [0.2, 0.25) is 0 Å². The fourth-order valence-electron chi connectivity index (χ4n) is 0.247. The summed E-state index contributed by atoms with van der Waals surface area (Å²) in [6.07, 6.45) is 0. The molecule has 0 bridgehead atoms. The molecule has 0 N–H and O–H groups in total. The van der Waals surface area contributed by atoms with Crippen LogP contribution < -0.4 is 0 Å². The molecule has 8 heteroatoms. The summed E-state index contributed by atoms with van der Waals surface area (Å²) in [5, 5.41) is -2.56. The van der Waals surface area contributed by atoms with E-state index >= 15 is 0 Å². The highest BCUT2D eigenvalue weighted by molar-refractivity contribution is 14.1. The average Bonchev–Trinajstić information content (AvgIpc) is 1.86. The molecule has 2 nitrogen and oxygen atoms in total. The van der Waals surface area contributed by atoms with E-state index in [1.165, 1.54) is 0 Å². The predicted molar refractivity (Wildman–Crippen MR) is 39.8 cm³/mol. The van der Waals surface area contributed by atoms with Crippen molar-refractivity contribution in [3.63, 3.8) is 0 Å². The normalized spacial score (nSPS) is 12.8. The third-order valence-electron chi connectivity index (χ3n) is 0.888. The van der Waals surface area contributed by atoms with E-state index in [4.69, 9.17) is 0 Å². The van der Waals surface area contributed by atoms with Crippen LogP contribution in [0.3, 0.4) is 0 Å². The maximum atomic E-state index is 12.2. The number of carbonyl (C=O) groups excluding carboxylic acids is 2. The Bertz CT molecular complexity index is 205. The molecule has 0 saturated carbocycles. The summed E-state index contributed by atoms with van der Waals surface area (Å²) in [7, 11) is 0. The molecule has 0 fully saturated rings. The molecule has 12 heavy (non-hydrogen) atoms. The molecule has 0 aromatic rings. The molecule has 0 aliphatic carbocycles. The van der Waals surface area contributed by atoms with Crippen LogP contribution in [0.25, 0.3) is 0 Å². The molecule has 0 aliphatic rings. The maximum absolute atomic E-state index is 12.2. The summed E-state index contributed by atoms with van der Waals surface area (Å²) in [6, 6.07) is 0. The van der Waals surface area contributed by atoms with Crippen molar-refractivity contribution in [1.29, 1.82) is 0 Å². The average molecular weight is 318 g/mol. The molecular weight excluding hydrogens is 318 g/mol. The maximum Gasteiger partial charge on any atom is 0.390 e. The number of hydrogen-bond donors (Lipinski definition) is 0. The van der Waals surface area contributed by atoms with Crippen LogP contribution in [0.1, 0.15) is 0 Å². The smallest absolute Gasteiger partial charge is 0.281 e. The second kappa shape index (κ2) is 3.44. The summed E-state index contributed by atoms with van der Waals surface area (Å²) in [5.41, 5.74) is 0. The molecule has 0 aliphatic heterocycles. The fraction of sp³-hybridized carbons (Fsp3) is 0.500. The summed E-state index contributed by atoms with van der Waals surface area (Å²) in [5.74, 6) is -10.2. The molecule has 0 amide bonds. The van der Waals surface area contributed by atoms with Crippen LogP contribution >= 0.6 is 34.2 Å². The minimum atomic E-state index is -5.15. The van der Waals surface area contributed by atoms with E-state index < -0.39 is 20.9 Å². The van der Waals surface area contributed by atoms with Gasteiger partial charge in [-0.25, -0.2) is 0 Å². The molecule has 70 valence electrons. The van der Waals surface area contributed by atoms with Crippen molar-refractivity contribution in [2.45, 2.75) is 11.8 Å². The fourth-order valence-corrected chi connectivity index (χ4v) is 0.704. The SMILES string of the molecule is O=C(Cl)C(F)(F)C(F)(F)C(=O)I. The lowest BCUT2D eigenvalue weighted by Gasteiger charge is -2.19. The molecule has 0 aromatic carbocycles. The number of rotatable bonds is 3. The number of alkyl halides is 4. The number of hydrogen-bond acceptors (Lipinski definition) is 2. The Balaban J connectivity index is 5.01. The Morgan fingerprint density at radius 3 is 1.50 bits per heavy atom. The monoisotopic (exact) mass is 318 g/mol. The zero-order chi connectivity index (χ0) is 10.2. The highest BCUT2D eigenvalue weighted by Crippen LogP contribution is 2.38. The Morgan fingerprint density at radius 2 is 1.42 bits per heavy atom. The highest BCUT2D eigenvalue weighted by Gasteiger charge is 2.65. The molecule has 0 saturated heterocycles. The first kappa shape index (κ1) is 12.1. The first-order valence-corrected chi connectivity index (χ1v) is 3.75. The Labute approximate surface area is 82.4 Å². The van der Waals surface area contributed by atoms with Crippen LogP contribution in [0, 0.1) is 0 Å². The topological polar surface area (TPSA) is 34.1 Å². The van der Waals surface area contributed by atoms with Gasteiger partial charge in [-0.1, -0.05) is 0 Å². The van der Waals surface area contributed by atoms with Crippen molar-refractivity contribution >= 4 is 43.2 Å². The van der Waals surface area contributed by atoms with E-state index in [0.29, 0.717) is 22.6 Å². The summed E-state index contributed by atoms with van der Waals surface area (Å²) < 4.78 is 46.4. The third-order valence-corrected chi connectivity index (χ3v) is 1.80. The summed E-state index contributed by atoms with van der Waals surface area (Å²) >= 11 is 4.64. The van der Waals surface area contributed by atoms with Gasteiger partial charge in [0.15, 0.2) is 0 Å². The van der Waals surface area contributed by atoms with Crippen molar-refractivity contribution in [1.82, 2.24) is 0 Å². The van der Waals surface area contributed by atoms with Gasteiger partial charge >= 0.3 is 11.8 Å². The lowest BCUT2D eigenvalue weighted by molar-refractivity contribution is -0.196. The lowest BCUT2D eigenvalue weighted by Crippen LogP contribution is -2.48. The molecule has 0 atom stereocenters. The van der Waals surface area contributed by atoms with Gasteiger partial charge in [0.25, 0.3) is 9.03 Å². The van der Waals surface area contributed by atoms with E-state index in [2.05, 4.69) is 11.6 Å². The van der Waals surface area contributed by atoms with Crippen LogP contribution in [-0.4, -0.2) is 20.9 Å². The second-order valence-electron chi connectivity index (χ2n) is 1.70.